The second-order valence-corrected chi connectivity index (χ2v) is 8.66. The van der Waals surface area contributed by atoms with Crippen LogP contribution in [0, 0.1) is 11.3 Å². The third-order valence-corrected chi connectivity index (χ3v) is 6.62. The fourth-order valence-corrected chi connectivity index (χ4v) is 4.94. The maximum absolute atomic E-state index is 13.4. The molecule has 0 radical (unpaired) electrons. The Morgan fingerprint density at radius 3 is 2.55 bits per heavy atom. The van der Waals surface area contributed by atoms with E-state index in [1.54, 1.807) is 10.8 Å². The van der Waals surface area contributed by atoms with Gasteiger partial charge in [-0.05, 0) is 29.1 Å². The summed E-state index contributed by atoms with van der Waals surface area (Å²) in [6.45, 7) is 2.46. The van der Waals surface area contributed by atoms with Crippen LogP contribution in [0.5, 0.6) is 0 Å². The molecule has 1 aromatic carbocycles. The first kappa shape index (κ1) is 20.9. The van der Waals surface area contributed by atoms with Crippen LogP contribution in [0.15, 0.2) is 70.3 Å². The van der Waals surface area contributed by atoms with Crippen molar-refractivity contribution in [1.29, 1.82) is 5.26 Å². The van der Waals surface area contributed by atoms with E-state index in [4.69, 9.17) is 0 Å². The summed E-state index contributed by atoms with van der Waals surface area (Å²) in [6.07, 6.45) is 1.66. The summed E-state index contributed by atoms with van der Waals surface area (Å²) in [5.41, 5.74) is 2.59. The van der Waals surface area contributed by atoms with Crippen molar-refractivity contribution < 1.29 is 4.79 Å². The minimum Gasteiger partial charge on any atom is -0.366 e. The van der Waals surface area contributed by atoms with Gasteiger partial charge in [-0.1, -0.05) is 30.3 Å². The number of amides is 1. The largest absolute Gasteiger partial charge is 0.366 e. The lowest BCUT2D eigenvalue weighted by Gasteiger charge is -2.37. The normalized spacial score (nSPS) is 13.8. The highest BCUT2D eigenvalue weighted by Crippen LogP contribution is 2.29. The van der Waals surface area contributed by atoms with Crippen molar-refractivity contribution in [1.82, 2.24) is 14.5 Å². The number of anilines is 1. The number of aromatic nitrogens is 2. The topological polar surface area (TPSA) is 82.2 Å². The molecule has 4 heterocycles. The predicted octanol–water partition coefficient (Wildman–Crippen LogP) is 3.34. The molecule has 0 saturated carbocycles. The molecule has 164 valence electrons. The average molecular weight is 456 g/mol. The van der Waals surface area contributed by atoms with Gasteiger partial charge in [0.25, 0.3) is 11.5 Å². The predicted molar refractivity (Wildman–Crippen MR) is 129 cm³/mol. The molecule has 0 bridgehead atoms. The molecule has 0 N–H and O–H groups in total. The number of thiophene rings is 1. The van der Waals surface area contributed by atoms with E-state index >= 15 is 0 Å². The van der Waals surface area contributed by atoms with Gasteiger partial charge in [0, 0.05) is 43.1 Å². The van der Waals surface area contributed by atoms with Crippen LogP contribution >= 0.6 is 11.3 Å². The van der Waals surface area contributed by atoms with Crippen molar-refractivity contribution >= 4 is 34.0 Å². The Labute approximate surface area is 194 Å². The van der Waals surface area contributed by atoms with Crippen LogP contribution in [-0.4, -0.2) is 46.5 Å². The summed E-state index contributed by atoms with van der Waals surface area (Å²) in [4.78, 5) is 34.5. The summed E-state index contributed by atoms with van der Waals surface area (Å²) < 4.78 is 1.57. The van der Waals surface area contributed by atoms with Crippen molar-refractivity contribution in [3.63, 3.8) is 0 Å². The van der Waals surface area contributed by atoms with E-state index in [0.29, 0.717) is 49.6 Å². The van der Waals surface area contributed by atoms with Crippen LogP contribution in [0.2, 0.25) is 0 Å². The number of nitriles is 1. The lowest BCUT2D eigenvalue weighted by molar-refractivity contribution is 0.0747. The Morgan fingerprint density at radius 1 is 1.06 bits per heavy atom. The molecule has 3 aromatic heterocycles. The minimum atomic E-state index is -0.348. The van der Waals surface area contributed by atoms with Gasteiger partial charge < -0.3 is 9.80 Å². The van der Waals surface area contributed by atoms with E-state index in [9.17, 15) is 14.9 Å². The highest BCUT2D eigenvalue weighted by Gasteiger charge is 2.27. The lowest BCUT2D eigenvalue weighted by atomic mass is 10.1. The van der Waals surface area contributed by atoms with Gasteiger partial charge in [0.05, 0.1) is 17.8 Å². The van der Waals surface area contributed by atoms with E-state index in [1.165, 1.54) is 11.3 Å². The molecule has 8 heteroatoms. The molecule has 7 nitrogen and oxygen atoms in total. The molecule has 1 aliphatic heterocycles. The SMILES string of the molecule is N#Cc1c(N2CCN(C(=O)c3ccsc3)CC2)c2cccnc2n(Cc2ccccc2)c1=O. The molecule has 0 unspecified atom stereocenters. The van der Waals surface area contributed by atoms with E-state index in [0.717, 1.165) is 10.9 Å². The van der Waals surface area contributed by atoms with E-state index in [2.05, 4.69) is 11.1 Å². The number of rotatable bonds is 4. The third-order valence-electron chi connectivity index (χ3n) is 5.94. The molecule has 1 saturated heterocycles. The van der Waals surface area contributed by atoms with Gasteiger partial charge in [-0.2, -0.15) is 16.6 Å². The second kappa shape index (κ2) is 8.88. The first-order valence-corrected chi connectivity index (χ1v) is 11.6. The van der Waals surface area contributed by atoms with Crippen molar-refractivity contribution in [2.24, 2.45) is 0 Å². The molecule has 33 heavy (non-hydrogen) atoms. The zero-order valence-electron chi connectivity index (χ0n) is 17.8. The van der Waals surface area contributed by atoms with Gasteiger partial charge in [-0.25, -0.2) is 4.98 Å². The van der Waals surface area contributed by atoms with Gasteiger partial charge in [-0.3, -0.25) is 14.2 Å². The number of fused-ring (bicyclic) bond motifs is 1. The van der Waals surface area contributed by atoms with Gasteiger partial charge in [0.2, 0.25) is 0 Å². The number of nitrogens with zero attached hydrogens (tertiary/aromatic N) is 5. The van der Waals surface area contributed by atoms with Crippen molar-refractivity contribution in [3.8, 4) is 6.07 Å². The van der Waals surface area contributed by atoms with Crippen LogP contribution < -0.4 is 10.5 Å². The van der Waals surface area contributed by atoms with Gasteiger partial charge in [-0.15, -0.1) is 0 Å². The molecule has 1 aliphatic rings. The quantitative estimate of drug-likeness (QED) is 0.471. The standard InChI is InChI=1S/C25H21N5O2S/c26-15-21-22(28-10-12-29(13-11-28)24(31)19-8-14-33-17-19)20-7-4-9-27-23(20)30(25(21)32)16-18-5-2-1-3-6-18/h1-9,14,17H,10-13,16H2. The molecule has 1 amide bonds. The lowest BCUT2D eigenvalue weighted by Crippen LogP contribution is -2.49. The molecule has 4 aromatic rings. The summed E-state index contributed by atoms with van der Waals surface area (Å²) in [5.74, 6) is 0.0150. The summed E-state index contributed by atoms with van der Waals surface area (Å²) in [7, 11) is 0. The molecule has 5 rings (SSSR count). The number of pyridine rings is 2. The Hall–Kier alpha value is -3.96. The Kier molecular flexibility index (Phi) is 5.63. The zero-order valence-corrected chi connectivity index (χ0v) is 18.7. The van der Waals surface area contributed by atoms with Crippen LogP contribution in [0.4, 0.5) is 5.69 Å². The molecule has 0 atom stereocenters. The Morgan fingerprint density at radius 2 is 1.85 bits per heavy atom. The minimum absolute atomic E-state index is 0.0150. The molecule has 0 spiro atoms. The van der Waals surface area contributed by atoms with E-state index in [1.807, 2.05) is 69.1 Å². The number of benzene rings is 1. The van der Waals surface area contributed by atoms with Gasteiger partial charge in [0.1, 0.15) is 17.3 Å². The number of carbonyl (C=O) groups is 1. The maximum atomic E-state index is 13.4. The Bertz CT molecular complexity index is 1400. The highest BCUT2D eigenvalue weighted by molar-refractivity contribution is 7.08. The summed E-state index contributed by atoms with van der Waals surface area (Å²) >= 11 is 1.50. The van der Waals surface area contributed by atoms with Crippen LogP contribution in [0.3, 0.4) is 0 Å². The van der Waals surface area contributed by atoms with E-state index < -0.39 is 0 Å². The summed E-state index contributed by atoms with van der Waals surface area (Å²) in [6, 6.07) is 17.4. The van der Waals surface area contributed by atoms with Crippen LogP contribution in [0.1, 0.15) is 21.5 Å². The van der Waals surface area contributed by atoms with Crippen LogP contribution in [-0.2, 0) is 6.54 Å². The fourth-order valence-electron chi connectivity index (χ4n) is 4.31. The van der Waals surface area contributed by atoms with Crippen molar-refractivity contribution in [3.05, 3.63) is 92.5 Å². The molecule has 1 fully saturated rings. The fraction of sp³-hybridized carbons (Fsp3) is 0.200. The highest BCUT2D eigenvalue weighted by atomic mass is 32.1. The number of hydrogen-bond acceptors (Lipinski definition) is 6. The third kappa shape index (κ3) is 3.88. The van der Waals surface area contributed by atoms with Crippen molar-refractivity contribution in [2.75, 3.05) is 31.1 Å². The molecule has 0 aliphatic carbocycles. The number of hydrogen-bond donors (Lipinski definition) is 0. The summed E-state index contributed by atoms with van der Waals surface area (Å²) in [5, 5.41) is 14.5. The molecular weight excluding hydrogens is 434 g/mol. The number of piperazine rings is 1. The monoisotopic (exact) mass is 455 g/mol. The van der Waals surface area contributed by atoms with E-state index in [-0.39, 0.29) is 17.0 Å². The second-order valence-electron chi connectivity index (χ2n) is 7.88. The molecular formula is C25H21N5O2S. The van der Waals surface area contributed by atoms with Gasteiger partial charge >= 0.3 is 0 Å². The van der Waals surface area contributed by atoms with Crippen LogP contribution in [0.25, 0.3) is 11.0 Å². The first-order valence-electron chi connectivity index (χ1n) is 10.7. The maximum Gasteiger partial charge on any atom is 0.272 e. The zero-order chi connectivity index (χ0) is 22.8. The first-order chi connectivity index (χ1) is 16.2. The van der Waals surface area contributed by atoms with Crippen molar-refractivity contribution in [2.45, 2.75) is 6.54 Å². The van der Waals surface area contributed by atoms with Gasteiger partial charge in [0.15, 0.2) is 0 Å². The average Bonchev–Trinajstić information content (AvgIpc) is 3.41. The number of carbonyl (C=O) groups excluding carboxylic acids is 1. The smallest absolute Gasteiger partial charge is 0.272 e. The Balaban J connectivity index is 1.52.